The fraction of sp³-hybridized carbons (Fsp3) is 0.240. The second-order valence-electron chi connectivity index (χ2n) is 7.95. The van der Waals surface area contributed by atoms with Crippen LogP contribution in [0.2, 0.25) is 0 Å². The minimum atomic E-state index is -1.33. The number of methoxy groups -OCH3 is 1. The van der Waals surface area contributed by atoms with Gasteiger partial charge in [-0.15, -0.1) is 0 Å². The number of nitrogens with zero attached hydrogens (tertiary/aromatic N) is 5. The van der Waals surface area contributed by atoms with E-state index in [2.05, 4.69) is 9.97 Å². The topological polar surface area (TPSA) is 116 Å². The molecular formula is C25H25N5O5. The Hall–Kier alpha value is -4.31. The first-order valence-corrected chi connectivity index (χ1v) is 11.0. The van der Waals surface area contributed by atoms with Crippen molar-refractivity contribution >= 4 is 29.4 Å². The van der Waals surface area contributed by atoms with Gasteiger partial charge >= 0.3 is 17.8 Å². The zero-order valence-corrected chi connectivity index (χ0v) is 19.2. The summed E-state index contributed by atoms with van der Waals surface area (Å²) in [7, 11) is 1.29. The van der Waals surface area contributed by atoms with Crippen LogP contribution in [0.4, 0.5) is 11.6 Å². The highest BCUT2D eigenvalue weighted by Gasteiger charge is 2.33. The van der Waals surface area contributed by atoms with Gasteiger partial charge in [-0.2, -0.15) is 0 Å². The SMILES string of the molecule is COC(C(=O)O)N(c1ccc(CN2CCN(Cc3ccccc3)C(=O)C2=O)cc1)c1ncccn1. The third-order valence-electron chi connectivity index (χ3n) is 5.64. The molecule has 0 radical (unpaired) electrons. The van der Waals surface area contributed by atoms with Gasteiger partial charge in [0.2, 0.25) is 12.2 Å². The van der Waals surface area contributed by atoms with E-state index in [0.717, 1.165) is 11.1 Å². The van der Waals surface area contributed by atoms with E-state index < -0.39 is 24.0 Å². The van der Waals surface area contributed by atoms with Crippen molar-refractivity contribution in [3.05, 3.63) is 84.2 Å². The lowest BCUT2D eigenvalue weighted by molar-refractivity contribution is -0.156. The summed E-state index contributed by atoms with van der Waals surface area (Å²) in [4.78, 5) is 49.9. The van der Waals surface area contributed by atoms with Crippen molar-refractivity contribution in [1.29, 1.82) is 0 Å². The number of hydrogen-bond acceptors (Lipinski definition) is 7. The number of aromatic nitrogens is 2. The van der Waals surface area contributed by atoms with Gasteiger partial charge < -0.3 is 19.6 Å². The van der Waals surface area contributed by atoms with Gasteiger partial charge in [0.15, 0.2) is 0 Å². The molecule has 180 valence electrons. The minimum Gasteiger partial charge on any atom is -0.478 e. The largest absolute Gasteiger partial charge is 0.478 e. The van der Waals surface area contributed by atoms with Crippen molar-refractivity contribution < 1.29 is 24.2 Å². The molecule has 1 fully saturated rings. The van der Waals surface area contributed by atoms with Crippen LogP contribution in [0.1, 0.15) is 11.1 Å². The highest BCUT2D eigenvalue weighted by atomic mass is 16.5. The van der Waals surface area contributed by atoms with Crippen LogP contribution in [0.5, 0.6) is 0 Å². The van der Waals surface area contributed by atoms with Crippen molar-refractivity contribution in [3.8, 4) is 0 Å². The average molecular weight is 476 g/mol. The van der Waals surface area contributed by atoms with E-state index >= 15 is 0 Å². The zero-order chi connectivity index (χ0) is 24.8. The summed E-state index contributed by atoms with van der Waals surface area (Å²) in [5.74, 6) is -2.08. The van der Waals surface area contributed by atoms with Crippen LogP contribution in [-0.2, 0) is 32.2 Å². The standard InChI is InChI=1S/C25H25N5O5/c1-35-23(24(33)34)30(25-26-12-5-13-27-25)20-10-8-19(9-11-20)17-29-15-14-28(21(31)22(29)32)16-18-6-3-2-4-7-18/h2-13,23H,14-17H2,1H3,(H,33,34). The predicted octanol–water partition coefficient (Wildman–Crippen LogP) is 2.04. The summed E-state index contributed by atoms with van der Waals surface area (Å²) in [5, 5.41) is 9.60. The molecule has 1 N–H and O–H groups in total. The maximum atomic E-state index is 12.7. The van der Waals surface area contributed by atoms with E-state index in [1.165, 1.54) is 29.3 Å². The Morgan fingerprint density at radius 2 is 1.46 bits per heavy atom. The molecule has 3 aromatic rings. The van der Waals surface area contributed by atoms with Crippen LogP contribution in [0.3, 0.4) is 0 Å². The Morgan fingerprint density at radius 1 is 0.914 bits per heavy atom. The lowest BCUT2D eigenvalue weighted by Gasteiger charge is -2.34. The first-order valence-electron chi connectivity index (χ1n) is 11.0. The molecule has 1 aliphatic rings. The number of carboxylic acid groups (broad SMARTS) is 1. The maximum absolute atomic E-state index is 12.7. The molecule has 1 aromatic heterocycles. The fourth-order valence-electron chi connectivity index (χ4n) is 3.89. The Bertz CT molecular complexity index is 1170. The highest BCUT2D eigenvalue weighted by molar-refractivity contribution is 6.35. The van der Waals surface area contributed by atoms with Gasteiger partial charge in [-0.1, -0.05) is 42.5 Å². The molecule has 2 heterocycles. The first kappa shape index (κ1) is 23.8. The van der Waals surface area contributed by atoms with Gasteiger partial charge in [-0.05, 0) is 29.3 Å². The van der Waals surface area contributed by atoms with E-state index in [0.29, 0.717) is 25.3 Å². The number of aliphatic carboxylic acids is 1. The van der Waals surface area contributed by atoms with Gasteiger partial charge in [0.25, 0.3) is 0 Å². The first-order chi connectivity index (χ1) is 17.0. The van der Waals surface area contributed by atoms with E-state index in [9.17, 15) is 19.5 Å². The molecule has 1 atom stereocenters. The average Bonchev–Trinajstić information content (AvgIpc) is 2.88. The summed E-state index contributed by atoms with van der Waals surface area (Å²) in [6.07, 6.45) is 1.69. The van der Waals surface area contributed by atoms with Crippen molar-refractivity contribution in [2.24, 2.45) is 0 Å². The van der Waals surface area contributed by atoms with E-state index in [1.807, 2.05) is 30.3 Å². The number of carbonyl (C=O) groups excluding carboxylic acids is 2. The number of piperazine rings is 1. The van der Waals surface area contributed by atoms with Crippen molar-refractivity contribution in [3.63, 3.8) is 0 Å². The van der Waals surface area contributed by atoms with Gasteiger partial charge in [-0.3, -0.25) is 14.5 Å². The molecule has 2 amide bonds. The Labute approximate surface area is 202 Å². The number of carbonyl (C=O) groups is 3. The van der Waals surface area contributed by atoms with Crippen LogP contribution < -0.4 is 4.90 Å². The number of anilines is 2. The van der Waals surface area contributed by atoms with Gasteiger partial charge in [0.1, 0.15) is 0 Å². The van der Waals surface area contributed by atoms with E-state index in [-0.39, 0.29) is 12.5 Å². The predicted molar refractivity (Wildman–Crippen MR) is 126 cm³/mol. The molecule has 1 unspecified atom stereocenters. The number of rotatable bonds is 9. The highest BCUT2D eigenvalue weighted by Crippen LogP contribution is 2.26. The quantitative estimate of drug-likeness (QED) is 0.369. The maximum Gasteiger partial charge on any atom is 0.354 e. The second kappa shape index (κ2) is 10.7. The Morgan fingerprint density at radius 3 is 1.97 bits per heavy atom. The number of carboxylic acids is 1. The van der Waals surface area contributed by atoms with Crippen LogP contribution in [-0.4, -0.2) is 69.1 Å². The molecule has 0 aliphatic carbocycles. The normalized spacial score (nSPS) is 14.7. The van der Waals surface area contributed by atoms with E-state index in [1.54, 1.807) is 35.2 Å². The lowest BCUT2D eigenvalue weighted by atomic mass is 10.1. The molecule has 1 aliphatic heterocycles. The summed E-state index contributed by atoms with van der Waals surface area (Å²) >= 11 is 0. The molecular weight excluding hydrogens is 450 g/mol. The van der Waals surface area contributed by atoms with Crippen LogP contribution in [0, 0.1) is 0 Å². The zero-order valence-electron chi connectivity index (χ0n) is 19.2. The number of ether oxygens (including phenoxy) is 1. The lowest BCUT2D eigenvalue weighted by Crippen LogP contribution is -2.53. The van der Waals surface area contributed by atoms with Crippen molar-refractivity contribution in [1.82, 2.24) is 19.8 Å². The van der Waals surface area contributed by atoms with E-state index in [4.69, 9.17) is 4.74 Å². The van der Waals surface area contributed by atoms with Gasteiger partial charge in [0.05, 0.1) is 0 Å². The van der Waals surface area contributed by atoms with Gasteiger partial charge in [0, 0.05) is 51.4 Å². The third kappa shape index (κ3) is 5.44. The summed E-state index contributed by atoms with van der Waals surface area (Å²) in [5.41, 5.74) is 2.27. The number of benzene rings is 2. The van der Waals surface area contributed by atoms with Gasteiger partial charge in [-0.25, -0.2) is 14.8 Å². The summed E-state index contributed by atoms with van der Waals surface area (Å²) in [6.45, 7) is 1.53. The van der Waals surface area contributed by atoms with Crippen LogP contribution in [0.25, 0.3) is 0 Å². The summed E-state index contributed by atoms with van der Waals surface area (Å²) in [6, 6.07) is 18.1. The molecule has 10 heteroatoms. The molecule has 0 bridgehead atoms. The molecule has 0 saturated carbocycles. The number of hydrogen-bond donors (Lipinski definition) is 1. The molecule has 2 aromatic carbocycles. The molecule has 0 spiro atoms. The van der Waals surface area contributed by atoms with Crippen molar-refractivity contribution in [2.45, 2.75) is 19.3 Å². The van der Waals surface area contributed by atoms with Crippen LogP contribution >= 0.6 is 0 Å². The third-order valence-corrected chi connectivity index (χ3v) is 5.64. The Balaban J connectivity index is 1.46. The molecule has 1 saturated heterocycles. The molecule has 35 heavy (non-hydrogen) atoms. The summed E-state index contributed by atoms with van der Waals surface area (Å²) < 4.78 is 5.16. The van der Waals surface area contributed by atoms with Crippen molar-refractivity contribution in [2.75, 3.05) is 25.1 Å². The molecule has 10 nitrogen and oxygen atoms in total. The Kier molecular flexibility index (Phi) is 7.32. The fourth-order valence-corrected chi connectivity index (χ4v) is 3.89. The second-order valence-corrected chi connectivity index (χ2v) is 7.95. The minimum absolute atomic E-state index is 0.171. The number of amides is 2. The smallest absolute Gasteiger partial charge is 0.354 e. The molecule has 4 rings (SSSR count). The monoisotopic (exact) mass is 475 g/mol. The van der Waals surface area contributed by atoms with Crippen LogP contribution in [0.15, 0.2) is 73.1 Å².